The van der Waals surface area contributed by atoms with Gasteiger partial charge in [0.15, 0.2) is 0 Å². The second-order valence-corrected chi connectivity index (χ2v) is 5.75. The van der Waals surface area contributed by atoms with Gasteiger partial charge in [-0.15, -0.1) is 0 Å². The van der Waals surface area contributed by atoms with E-state index >= 15 is 0 Å². The van der Waals surface area contributed by atoms with Crippen molar-refractivity contribution < 1.29 is 18.3 Å². The highest BCUT2D eigenvalue weighted by Gasteiger charge is 2.17. The summed E-state index contributed by atoms with van der Waals surface area (Å²) in [4.78, 5) is 12.6. The summed E-state index contributed by atoms with van der Waals surface area (Å²) in [5, 5.41) is 7.09. The minimum Gasteiger partial charge on any atom is -0.434 e. The van der Waals surface area contributed by atoms with Crippen LogP contribution in [0.25, 0.3) is 5.69 Å². The fourth-order valence-corrected chi connectivity index (χ4v) is 2.51. The second kappa shape index (κ2) is 7.35. The number of ether oxygens (including phenoxy) is 1. The number of rotatable bonds is 5. The Morgan fingerprint density at radius 1 is 1.12 bits per heavy atom. The van der Waals surface area contributed by atoms with Crippen LogP contribution < -0.4 is 10.1 Å². The van der Waals surface area contributed by atoms with Gasteiger partial charge >= 0.3 is 6.61 Å². The molecule has 1 N–H and O–H groups in total. The lowest BCUT2D eigenvalue weighted by Gasteiger charge is -2.12. The predicted molar refractivity (Wildman–Crippen MR) is 94.1 cm³/mol. The van der Waals surface area contributed by atoms with E-state index in [-0.39, 0.29) is 11.3 Å². The number of aromatic nitrogens is 2. The van der Waals surface area contributed by atoms with Crippen molar-refractivity contribution in [3.63, 3.8) is 0 Å². The molecule has 2 aromatic carbocycles. The third-order valence-electron chi connectivity index (χ3n) is 3.70. The van der Waals surface area contributed by atoms with E-state index in [2.05, 4.69) is 15.2 Å². The number of halogens is 2. The van der Waals surface area contributed by atoms with Gasteiger partial charge in [-0.05, 0) is 38.1 Å². The molecular weight excluding hydrogens is 340 g/mol. The number of nitrogens with one attached hydrogen (secondary N) is 1. The molecular formula is C19H17F2N3O2. The molecule has 1 aromatic heterocycles. The average molecular weight is 357 g/mol. The minimum absolute atomic E-state index is 0.0158. The lowest BCUT2D eigenvalue weighted by molar-refractivity contribution is -0.0501. The number of aryl methyl sites for hydroxylation is 2. The Morgan fingerprint density at radius 2 is 1.81 bits per heavy atom. The number of carbonyl (C=O) groups excluding carboxylic acids is 1. The van der Waals surface area contributed by atoms with Gasteiger partial charge < -0.3 is 10.1 Å². The first kappa shape index (κ1) is 17.6. The maximum Gasteiger partial charge on any atom is 0.387 e. The van der Waals surface area contributed by atoms with Crippen LogP contribution in [0.15, 0.2) is 54.6 Å². The predicted octanol–water partition coefficient (Wildman–Crippen LogP) is 4.34. The normalized spacial score (nSPS) is 10.8. The van der Waals surface area contributed by atoms with Crippen LogP contribution in [0, 0.1) is 13.8 Å². The highest BCUT2D eigenvalue weighted by molar-refractivity contribution is 6.05. The van der Waals surface area contributed by atoms with Gasteiger partial charge in [-0.3, -0.25) is 4.79 Å². The van der Waals surface area contributed by atoms with E-state index in [1.807, 2.05) is 31.2 Å². The van der Waals surface area contributed by atoms with Crippen molar-refractivity contribution in [3.05, 3.63) is 71.4 Å². The molecule has 5 nitrogen and oxygen atoms in total. The molecule has 134 valence electrons. The van der Waals surface area contributed by atoms with Crippen molar-refractivity contribution >= 4 is 11.7 Å². The summed E-state index contributed by atoms with van der Waals surface area (Å²) in [6, 6.07) is 15.2. The van der Waals surface area contributed by atoms with Crippen LogP contribution in [0.1, 0.15) is 21.6 Å². The van der Waals surface area contributed by atoms with Crippen molar-refractivity contribution in [1.29, 1.82) is 0 Å². The van der Waals surface area contributed by atoms with E-state index in [1.54, 1.807) is 23.7 Å². The van der Waals surface area contributed by atoms with E-state index in [0.717, 1.165) is 11.3 Å². The summed E-state index contributed by atoms with van der Waals surface area (Å²) in [5.74, 6) is -0.309. The van der Waals surface area contributed by atoms with Crippen LogP contribution in [0.5, 0.6) is 5.75 Å². The fourth-order valence-electron chi connectivity index (χ4n) is 2.51. The molecule has 7 heteroatoms. The van der Waals surface area contributed by atoms with Crippen LogP contribution in [0.2, 0.25) is 0 Å². The van der Waals surface area contributed by atoms with Crippen LogP contribution >= 0.6 is 0 Å². The van der Waals surface area contributed by atoms with Crippen molar-refractivity contribution in [3.8, 4) is 11.4 Å². The first-order valence-electron chi connectivity index (χ1n) is 7.93. The monoisotopic (exact) mass is 357 g/mol. The van der Waals surface area contributed by atoms with Crippen molar-refractivity contribution in [2.24, 2.45) is 0 Å². The Bertz CT molecular complexity index is 921. The van der Waals surface area contributed by atoms with Gasteiger partial charge in [0.05, 0.1) is 16.9 Å². The van der Waals surface area contributed by atoms with Gasteiger partial charge in [0.25, 0.3) is 5.91 Å². The molecule has 1 amide bonds. The molecule has 0 unspecified atom stereocenters. The number of hydrogen-bond donors (Lipinski definition) is 1. The molecule has 0 aliphatic heterocycles. The molecule has 0 saturated carbocycles. The van der Waals surface area contributed by atoms with Gasteiger partial charge in [0, 0.05) is 6.07 Å². The smallest absolute Gasteiger partial charge is 0.387 e. The Hall–Kier alpha value is -3.22. The summed E-state index contributed by atoms with van der Waals surface area (Å²) in [7, 11) is 0. The standard InChI is InChI=1S/C19H17F2N3O2/c1-12-7-9-14(10-8-12)24-17(11-13(2)23-24)22-18(25)15-5-3-4-6-16(15)26-19(20)21/h3-11,19H,1-2H3,(H,22,25). The van der Waals surface area contributed by atoms with Gasteiger partial charge in [-0.1, -0.05) is 29.8 Å². The molecule has 0 atom stereocenters. The Kier molecular flexibility index (Phi) is 4.97. The molecule has 3 aromatic rings. The highest BCUT2D eigenvalue weighted by atomic mass is 19.3. The SMILES string of the molecule is Cc1ccc(-n2nc(C)cc2NC(=O)c2ccccc2OC(F)F)cc1. The fraction of sp³-hybridized carbons (Fsp3) is 0.158. The summed E-state index contributed by atoms with van der Waals surface area (Å²) in [6.07, 6.45) is 0. The number of benzene rings is 2. The summed E-state index contributed by atoms with van der Waals surface area (Å²) in [6.45, 7) is 0.763. The Labute approximate surface area is 149 Å². The van der Waals surface area contributed by atoms with Gasteiger partial charge in [0.1, 0.15) is 11.6 Å². The number of alkyl halides is 2. The summed E-state index contributed by atoms with van der Waals surface area (Å²) in [5.41, 5.74) is 2.59. The van der Waals surface area contributed by atoms with Crippen molar-refractivity contribution in [2.75, 3.05) is 5.32 Å². The first-order chi connectivity index (χ1) is 12.4. The molecule has 26 heavy (non-hydrogen) atoms. The zero-order valence-corrected chi connectivity index (χ0v) is 14.2. The van der Waals surface area contributed by atoms with Crippen LogP contribution in [0.4, 0.5) is 14.6 Å². The van der Waals surface area contributed by atoms with Crippen LogP contribution in [-0.2, 0) is 0 Å². The quantitative estimate of drug-likeness (QED) is 0.739. The molecule has 0 aliphatic carbocycles. The van der Waals surface area contributed by atoms with E-state index in [1.165, 1.54) is 18.2 Å². The number of anilines is 1. The Morgan fingerprint density at radius 3 is 2.50 bits per heavy atom. The summed E-state index contributed by atoms with van der Waals surface area (Å²) >= 11 is 0. The number of nitrogens with zero attached hydrogens (tertiary/aromatic N) is 2. The van der Waals surface area contributed by atoms with Crippen molar-refractivity contribution in [1.82, 2.24) is 9.78 Å². The van der Waals surface area contributed by atoms with Crippen molar-refractivity contribution in [2.45, 2.75) is 20.5 Å². The van der Waals surface area contributed by atoms with E-state index in [9.17, 15) is 13.6 Å². The van der Waals surface area contributed by atoms with Crippen LogP contribution in [0.3, 0.4) is 0 Å². The molecule has 0 aliphatic rings. The molecule has 1 heterocycles. The molecule has 3 rings (SSSR count). The maximum absolute atomic E-state index is 12.6. The van der Waals surface area contributed by atoms with E-state index < -0.39 is 12.5 Å². The zero-order chi connectivity index (χ0) is 18.7. The number of carbonyl (C=O) groups is 1. The van der Waals surface area contributed by atoms with Gasteiger partial charge in [-0.2, -0.15) is 13.9 Å². The lowest BCUT2D eigenvalue weighted by atomic mass is 10.2. The first-order valence-corrected chi connectivity index (χ1v) is 7.93. The third-order valence-corrected chi connectivity index (χ3v) is 3.70. The number of amides is 1. The van der Waals surface area contributed by atoms with Gasteiger partial charge in [-0.25, -0.2) is 4.68 Å². The third kappa shape index (κ3) is 3.88. The van der Waals surface area contributed by atoms with Crippen LogP contribution in [-0.4, -0.2) is 22.3 Å². The highest BCUT2D eigenvalue weighted by Crippen LogP contribution is 2.23. The minimum atomic E-state index is -3.01. The molecule has 0 bridgehead atoms. The van der Waals surface area contributed by atoms with E-state index in [0.29, 0.717) is 11.5 Å². The summed E-state index contributed by atoms with van der Waals surface area (Å²) < 4.78 is 31.1. The molecule has 0 radical (unpaired) electrons. The maximum atomic E-state index is 12.6. The van der Waals surface area contributed by atoms with E-state index in [4.69, 9.17) is 0 Å². The number of para-hydroxylation sites is 1. The topological polar surface area (TPSA) is 56.2 Å². The largest absolute Gasteiger partial charge is 0.434 e. The average Bonchev–Trinajstić information content (AvgIpc) is 2.95. The second-order valence-electron chi connectivity index (χ2n) is 5.75. The molecule has 0 spiro atoms. The zero-order valence-electron chi connectivity index (χ0n) is 14.2. The Balaban J connectivity index is 1.90. The van der Waals surface area contributed by atoms with Gasteiger partial charge in [0.2, 0.25) is 0 Å². The molecule has 0 fully saturated rings. The lowest BCUT2D eigenvalue weighted by Crippen LogP contribution is -2.17. The molecule has 0 saturated heterocycles. The number of hydrogen-bond acceptors (Lipinski definition) is 3.